The zero-order valence-corrected chi connectivity index (χ0v) is 16.1. The molecule has 0 atom stereocenters. The third-order valence-electron chi connectivity index (χ3n) is 4.13. The Morgan fingerprint density at radius 3 is 2.15 bits per heavy atom. The van der Waals surface area contributed by atoms with Gasteiger partial charge in [0.25, 0.3) is 5.91 Å². The Hall–Kier alpha value is -2.71. The molecule has 2 aromatic carbocycles. The van der Waals surface area contributed by atoms with Crippen LogP contribution in [0, 0.1) is 0 Å². The quantitative estimate of drug-likeness (QED) is 0.717. The summed E-state index contributed by atoms with van der Waals surface area (Å²) >= 11 is 0. The highest BCUT2D eigenvalue weighted by molar-refractivity contribution is 7.89. The fourth-order valence-corrected chi connectivity index (χ4v) is 4.05. The molecule has 2 aromatic rings. The van der Waals surface area contributed by atoms with Crippen molar-refractivity contribution in [2.45, 2.75) is 25.3 Å². The van der Waals surface area contributed by atoms with Crippen molar-refractivity contribution in [3.8, 4) is 0 Å². The maximum atomic E-state index is 12.5. The van der Waals surface area contributed by atoms with Crippen molar-refractivity contribution >= 4 is 21.8 Å². The zero-order chi connectivity index (χ0) is 20.0. The molecule has 7 nitrogen and oxygen atoms in total. The van der Waals surface area contributed by atoms with E-state index < -0.39 is 15.9 Å². The smallest absolute Gasteiger partial charge is 0.251 e. The Balaban J connectivity index is 2.06. The van der Waals surface area contributed by atoms with Crippen LogP contribution in [0.3, 0.4) is 0 Å². The molecule has 2 rings (SSSR count). The number of carbonyl (C=O) groups excluding carboxylic acids is 2. The van der Waals surface area contributed by atoms with E-state index >= 15 is 0 Å². The molecule has 27 heavy (non-hydrogen) atoms. The van der Waals surface area contributed by atoms with Crippen molar-refractivity contribution in [3.63, 3.8) is 0 Å². The molecule has 144 valence electrons. The second-order valence-corrected chi connectivity index (χ2v) is 7.80. The van der Waals surface area contributed by atoms with Gasteiger partial charge in [-0.15, -0.1) is 0 Å². The number of amides is 2. The molecular formula is C19H23N3O4S. The van der Waals surface area contributed by atoms with Gasteiger partial charge in [-0.3, -0.25) is 9.59 Å². The van der Waals surface area contributed by atoms with Crippen LogP contribution in [0.2, 0.25) is 0 Å². The van der Waals surface area contributed by atoms with Crippen molar-refractivity contribution in [3.05, 3.63) is 65.2 Å². The number of rotatable bonds is 8. The normalized spacial score (nSPS) is 11.4. The number of hydrogen-bond donors (Lipinski definition) is 2. The van der Waals surface area contributed by atoms with Crippen LogP contribution in [0.25, 0.3) is 0 Å². The van der Waals surface area contributed by atoms with E-state index in [2.05, 4.69) is 5.32 Å². The summed E-state index contributed by atoms with van der Waals surface area (Å²) in [5.74, 6) is -0.951. The SMILES string of the molecule is CCN(CC)S(=O)(=O)c1ccc(CNC(=O)c2cccc(C(N)=O)c2)cc1. The number of nitrogens with one attached hydrogen (secondary N) is 1. The summed E-state index contributed by atoms with van der Waals surface area (Å²) in [6.07, 6.45) is 0. The Kier molecular flexibility index (Phi) is 6.70. The number of hydrogen-bond acceptors (Lipinski definition) is 4. The van der Waals surface area contributed by atoms with E-state index in [0.29, 0.717) is 18.7 Å². The molecule has 0 heterocycles. The topological polar surface area (TPSA) is 110 Å². The standard InChI is InChI=1S/C19H23N3O4S/c1-3-22(4-2)27(25,26)17-10-8-14(9-11-17)13-21-19(24)16-7-5-6-15(12-16)18(20)23/h5-12H,3-4,13H2,1-2H3,(H2,20,23)(H,21,24). The first-order valence-corrected chi connectivity index (χ1v) is 10.0. The van der Waals surface area contributed by atoms with E-state index in [1.165, 1.54) is 28.6 Å². The lowest BCUT2D eigenvalue weighted by Gasteiger charge is -2.18. The lowest BCUT2D eigenvalue weighted by molar-refractivity contribution is 0.0951. The molecule has 2 amide bonds. The molecular weight excluding hydrogens is 366 g/mol. The molecule has 0 unspecified atom stereocenters. The van der Waals surface area contributed by atoms with E-state index in [9.17, 15) is 18.0 Å². The van der Waals surface area contributed by atoms with E-state index in [1.54, 1.807) is 38.1 Å². The van der Waals surface area contributed by atoms with Gasteiger partial charge < -0.3 is 11.1 Å². The van der Waals surface area contributed by atoms with Crippen LogP contribution < -0.4 is 11.1 Å². The van der Waals surface area contributed by atoms with Gasteiger partial charge in [0.05, 0.1) is 4.90 Å². The first kappa shape index (κ1) is 20.6. The molecule has 0 aliphatic carbocycles. The molecule has 8 heteroatoms. The van der Waals surface area contributed by atoms with Gasteiger partial charge in [-0.05, 0) is 35.9 Å². The molecule has 0 bridgehead atoms. The Morgan fingerprint density at radius 1 is 1.00 bits per heavy atom. The number of nitrogens with two attached hydrogens (primary N) is 1. The third-order valence-corrected chi connectivity index (χ3v) is 6.19. The second-order valence-electron chi connectivity index (χ2n) is 5.86. The fraction of sp³-hybridized carbons (Fsp3) is 0.263. The van der Waals surface area contributed by atoms with Gasteiger partial charge in [0.2, 0.25) is 15.9 Å². The number of carbonyl (C=O) groups is 2. The van der Waals surface area contributed by atoms with Gasteiger partial charge in [0.1, 0.15) is 0 Å². The average Bonchev–Trinajstić information content (AvgIpc) is 2.67. The number of primary amides is 1. The largest absolute Gasteiger partial charge is 0.366 e. The first-order valence-electron chi connectivity index (χ1n) is 8.56. The lowest BCUT2D eigenvalue weighted by atomic mass is 10.1. The highest BCUT2D eigenvalue weighted by atomic mass is 32.2. The maximum Gasteiger partial charge on any atom is 0.251 e. The van der Waals surface area contributed by atoms with Crippen LogP contribution in [0.15, 0.2) is 53.4 Å². The summed E-state index contributed by atoms with van der Waals surface area (Å²) in [6.45, 7) is 4.61. The Bertz CT molecular complexity index is 920. The van der Waals surface area contributed by atoms with Gasteiger partial charge in [-0.25, -0.2) is 8.42 Å². The summed E-state index contributed by atoms with van der Waals surface area (Å²) in [4.78, 5) is 23.6. The number of nitrogens with zero attached hydrogens (tertiary/aromatic N) is 1. The van der Waals surface area contributed by atoms with Gasteiger partial charge in [0.15, 0.2) is 0 Å². The predicted octanol–water partition coefficient (Wildman–Crippen LogP) is 1.75. The minimum absolute atomic E-state index is 0.218. The summed E-state index contributed by atoms with van der Waals surface area (Å²) in [7, 11) is -3.50. The first-order chi connectivity index (χ1) is 12.8. The Morgan fingerprint density at radius 2 is 1.59 bits per heavy atom. The summed E-state index contributed by atoms with van der Waals surface area (Å²) in [5.41, 5.74) is 6.56. The summed E-state index contributed by atoms with van der Waals surface area (Å²) in [6, 6.07) is 12.5. The van der Waals surface area contributed by atoms with Crippen LogP contribution in [-0.2, 0) is 16.6 Å². The highest BCUT2D eigenvalue weighted by Crippen LogP contribution is 2.16. The van der Waals surface area contributed by atoms with Crippen molar-refractivity contribution in [2.75, 3.05) is 13.1 Å². The lowest BCUT2D eigenvalue weighted by Crippen LogP contribution is -2.30. The molecule has 0 saturated heterocycles. The number of sulfonamides is 1. The van der Waals surface area contributed by atoms with Crippen molar-refractivity contribution in [1.82, 2.24) is 9.62 Å². The summed E-state index contributed by atoms with van der Waals surface area (Å²) in [5, 5.41) is 2.73. The van der Waals surface area contributed by atoms with Gasteiger partial charge >= 0.3 is 0 Å². The van der Waals surface area contributed by atoms with Crippen LogP contribution in [0.4, 0.5) is 0 Å². The third kappa shape index (κ3) is 4.93. The van der Waals surface area contributed by atoms with Gasteiger partial charge in [-0.2, -0.15) is 4.31 Å². The minimum Gasteiger partial charge on any atom is -0.366 e. The highest BCUT2D eigenvalue weighted by Gasteiger charge is 2.21. The Labute approximate surface area is 159 Å². The van der Waals surface area contributed by atoms with Crippen LogP contribution in [0.1, 0.15) is 40.1 Å². The van der Waals surface area contributed by atoms with Crippen LogP contribution in [0.5, 0.6) is 0 Å². The molecule has 3 N–H and O–H groups in total. The molecule has 0 radical (unpaired) electrons. The van der Waals surface area contributed by atoms with E-state index in [-0.39, 0.29) is 22.9 Å². The molecule has 0 fully saturated rings. The summed E-state index contributed by atoms with van der Waals surface area (Å²) < 4.78 is 26.3. The van der Waals surface area contributed by atoms with Gasteiger partial charge in [-0.1, -0.05) is 32.0 Å². The fourth-order valence-electron chi connectivity index (χ4n) is 2.59. The molecule has 0 spiro atoms. The zero-order valence-electron chi connectivity index (χ0n) is 15.3. The number of benzene rings is 2. The van der Waals surface area contributed by atoms with Crippen molar-refractivity contribution in [2.24, 2.45) is 5.73 Å². The van der Waals surface area contributed by atoms with E-state index in [4.69, 9.17) is 5.73 Å². The van der Waals surface area contributed by atoms with Crippen molar-refractivity contribution in [1.29, 1.82) is 0 Å². The van der Waals surface area contributed by atoms with Crippen molar-refractivity contribution < 1.29 is 18.0 Å². The maximum absolute atomic E-state index is 12.5. The monoisotopic (exact) mass is 389 g/mol. The molecule has 0 aliphatic rings. The van der Waals surface area contributed by atoms with Crippen LogP contribution in [-0.4, -0.2) is 37.6 Å². The average molecular weight is 389 g/mol. The minimum atomic E-state index is -3.50. The molecule has 0 aliphatic heterocycles. The van der Waals surface area contributed by atoms with Gasteiger partial charge in [0, 0.05) is 30.8 Å². The van der Waals surface area contributed by atoms with E-state index in [0.717, 1.165) is 5.56 Å². The predicted molar refractivity (Wildman–Crippen MR) is 103 cm³/mol. The van der Waals surface area contributed by atoms with E-state index in [1.807, 2.05) is 0 Å². The molecule has 0 aromatic heterocycles. The van der Waals surface area contributed by atoms with Crippen LogP contribution >= 0.6 is 0 Å². The second kappa shape index (κ2) is 8.79. The molecule has 0 saturated carbocycles.